The second kappa shape index (κ2) is 11.7. The molecule has 0 radical (unpaired) electrons. The summed E-state index contributed by atoms with van der Waals surface area (Å²) in [5.74, 6) is 0.0275. The van der Waals surface area contributed by atoms with E-state index < -0.39 is 0 Å². The number of phenolic OH excluding ortho intramolecular Hbond substituents is 1. The van der Waals surface area contributed by atoms with Gasteiger partial charge in [-0.25, -0.2) is 0 Å². The number of aliphatic hydroxyl groups is 1. The van der Waals surface area contributed by atoms with E-state index in [9.17, 15) is 10.2 Å². The number of aryl methyl sites for hydroxylation is 1. The first-order valence-corrected chi connectivity index (χ1v) is 9.70. The number of benzene rings is 1. The average Bonchev–Trinajstić information content (AvgIpc) is 2.55. The molecule has 1 aromatic rings. The molecule has 0 atom stereocenters. The van der Waals surface area contributed by atoms with Crippen molar-refractivity contribution in [1.82, 2.24) is 0 Å². The van der Waals surface area contributed by atoms with Crippen LogP contribution in [-0.4, -0.2) is 15.3 Å². The van der Waals surface area contributed by atoms with E-state index in [1.54, 1.807) is 12.1 Å². The van der Waals surface area contributed by atoms with Gasteiger partial charge in [0.15, 0.2) is 5.05 Å². The van der Waals surface area contributed by atoms with Crippen LogP contribution in [0, 0.1) is 0 Å². The zero-order chi connectivity index (χ0) is 19.5. The minimum Gasteiger partial charge on any atom is -0.507 e. The van der Waals surface area contributed by atoms with E-state index in [1.165, 1.54) is 16.7 Å². The quantitative estimate of drug-likeness (QED) is 0.344. The van der Waals surface area contributed by atoms with Gasteiger partial charge in [-0.2, -0.15) is 0 Å². The smallest absolute Gasteiger partial charge is 0.192 e. The zero-order valence-electron chi connectivity index (χ0n) is 16.5. The van der Waals surface area contributed by atoms with E-state index in [2.05, 4.69) is 45.9 Å². The van der Waals surface area contributed by atoms with Gasteiger partial charge in [-0.15, -0.1) is 0 Å². The van der Waals surface area contributed by atoms with Gasteiger partial charge in [-0.1, -0.05) is 41.0 Å². The summed E-state index contributed by atoms with van der Waals surface area (Å²) >= 11 is 4.75. The molecule has 142 valence electrons. The molecule has 0 bridgehead atoms. The average molecular weight is 373 g/mol. The Morgan fingerprint density at radius 1 is 0.923 bits per heavy atom. The molecule has 0 aliphatic rings. The fraction of sp³-hybridized carbons (Fsp3) is 0.435. The van der Waals surface area contributed by atoms with Gasteiger partial charge < -0.3 is 10.2 Å². The lowest BCUT2D eigenvalue weighted by molar-refractivity contribution is 0.469. The standard InChI is InChI=1S/C23H32O2S/c1-17(2)8-5-9-18(3)10-6-11-19(4)12-7-13-20-14-15-22(24)21(16-20)23(25)26/h8,10,12,14-16,24H,5-7,9,11,13H2,1-4H3,(H,25,26). The molecule has 2 nitrogen and oxygen atoms in total. The molecule has 0 heterocycles. The van der Waals surface area contributed by atoms with Gasteiger partial charge in [0.1, 0.15) is 5.75 Å². The summed E-state index contributed by atoms with van der Waals surface area (Å²) in [6.07, 6.45) is 13.2. The number of aliphatic hydroxyl groups excluding tert-OH is 1. The van der Waals surface area contributed by atoms with E-state index in [0.29, 0.717) is 5.56 Å². The predicted octanol–water partition coefficient (Wildman–Crippen LogP) is 6.98. The van der Waals surface area contributed by atoms with Crippen molar-refractivity contribution in [2.75, 3.05) is 0 Å². The van der Waals surface area contributed by atoms with Crippen molar-refractivity contribution in [3.05, 3.63) is 64.3 Å². The number of allylic oxidation sites excluding steroid dienone is 6. The van der Waals surface area contributed by atoms with E-state index in [0.717, 1.165) is 44.1 Å². The monoisotopic (exact) mass is 372 g/mol. The van der Waals surface area contributed by atoms with Crippen molar-refractivity contribution in [2.45, 2.75) is 66.2 Å². The minimum atomic E-state index is -0.261. The first-order chi connectivity index (χ1) is 12.3. The van der Waals surface area contributed by atoms with Crippen LogP contribution in [0.3, 0.4) is 0 Å². The molecule has 0 saturated heterocycles. The highest BCUT2D eigenvalue weighted by Gasteiger charge is 2.06. The van der Waals surface area contributed by atoms with Gasteiger partial charge in [-0.05, 0) is 96.1 Å². The number of aromatic hydroxyl groups is 1. The highest BCUT2D eigenvalue weighted by atomic mass is 32.1. The van der Waals surface area contributed by atoms with Crippen molar-refractivity contribution in [1.29, 1.82) is 0 Å². The summed E-state index contributed by atoms with van der Waals surface area (Å²) in [6.45, 7) is 8.68. The molecule has 1 rings (SSSR count). The van der Waals surface area contributed by atoms with Gasteiger partial charge in [-0.3, -0.25) is 0 Å². The number of hydrogen-bond acceptors (Lipinski definition) is 2. The van der Waals surface area contributed by atoms with Gasteiger partial charge in [0.25, 0.3) is 0 Å². The molecule has 0 spiro atoms. The molecule has 0 fully saturated rings. The van der Waals surface area contributed by atoms with Crippen molar-refractivity contribution < 1.29 is 10.2 Å². The zero-order valence-corrected chi connectivity index (χ0v) is 17.3. The summed E-state index contributed by atoms with van der Waals surface area (Å²) in [5.41, 5.74) is 5.65. The van der Waals surface area contributed by atoms with Crippen LogP contribution in [0.15, 0.2) is 53.1 Å². The molecule has 2 N–H and O–H groups in total. The van der Waals surface area contributed by atoms with Crippen LogP contribution in [0.25, 0.3) is 0 Å². The Hall–Kier alpha value is -1.87. The van der Waals surface area contributed by atoms with Gasteiger partial charge in [0.2, 0.25) is 0 Å². The van der Waals surface area contributed by atoms with Crippen LogP contribution in [-0.2, 0) is 6.42 Å². The Morgan fingerprint density at radius 3 is 2.08 bits per heavy atom. The first-order valence-electron chi connectivity index (χ1n) is 9.29. The molecule has 0 aliphatic heterocycles. The first kappa shape index (κ1) is 22.2. The van der Waals surface area contributed by atoms with Gasteiger partial charge in [0.05, 0.1) is 5.56 Å². The van der Waals surface area contributed by atoms with E-state index >= 15 is 0 Å². The lowest BCUT2D eigenvalue weighted by atomic mass is 10.0. The van der Waals surface area contributed by atoms with E-state index in [4.69, 9.17) is 12.2 Å². The Balaban J connectivity index is 2.41. The fourth-order valence-corrected chi connectivity index (χ4v) is 2.90. The maximum Gasteiger partial charge on any atom is 0.192 e. The van der Waals surface area contributed by atoms with Crippen molar-refractivity contribution in [3.63, 3.8) is 0 Å². The lowest BCUT2D eigenvalue weighted by Gasteiger charge is -2.05. The van der Waals surface area contributed by atoms with Crippen LogP contribution in [0.1, 0.15) is 70.9 Å². The molecule has 3 heteroatoms. The fourth-order valence-electron chi connectivity index (χ4n) is 2.73. The third kappa shape index (κ3) is 9.00. The molecular formula is C23H32O2S. The number of thiocarbonyl (C=S) groups is 1. The van der Waals surface area contributed by atoms with Crippen LogP contribution in [0.5, 0.6) is 5.75 Å². The third-order valence-electron chi connectivity index (χ3n) is 4.34. The molecule has 0 aliphatic carbocycles. The van der Waals surface area contributed by atoms with Crippen LogP contribution in [0.2, 0.25) is 0 Å². The molecule has 26 heavy (non-hydrogen) atoms. The number of rotatable bonds is 10. The maximum atomic E-state index is 9.67. The third-order valence-corrected chi connectivity index (χ3v) is 4.56. The largest absolute Gasteiger partial charge is 0.507 e. The topological polar surface area (TPSA) is 40.5 Å². The lowest BCUT2D eigenvalue weighted by Crippen LogP contribution is -1.97. The van der Waals surface area contributed by atoms with Gasteiger partial charge >= 0.3 is 0 Å². The van der Waals surface area contributed by atoms with Crippen molar-refractivity contribution in [3.8, 4) is 5.75 Å². The Morgan fingerprint density at radius 2 is 1.50 bits per heavy atom. The highest BCUT2D eigenvalue weighted by molar-refractivity contribution is 7.80. The SMILES string of the molecule is CC(C)=CCCC(C)=CCCC(C)=CCCc1ccc(O)c(C(O)=S)c1. The molecule has 0 unspecified atom stereocenters. The summed E-state index contributed by atoms with van der Waals surface area (Å²) in [4.78, 5) is 0. The Labute approximate surface area is 164 Å². The molecule has 1 aromatic carbocycles. The molecule has 0 saturated carbocycles. The Kier molecular flexibility index (Phi) is 9.97. The summed E-state index contributed by atoms with van der Waals surface area (Å²) < 4.78 is 0. The normalized spacial score (nSPS) is 12.2. The predicted molar refractivity (Wildman–Crippen MR) is 116 cm³/mol. The number of phenols is 1. The second-order valence-corrected chi connectivity index (χ2v) is 7.54. The maximum absolute atomic E-state index is 9.67. The molecule has 0 aromatic heterocycles. The summed E-state index contributed by atoms with van der Waals surface area (Å²) in [7, 11) is 0. The Bertz CT molecular complexity index is 692. The van der Waals surface area contributed by atoms with Crippen LogP contribution >= 0.6 is 12.2 Å². The molecule has 0 amide bonds. The molecular weight excluding hydrogens is 340 g/mol. The summed E-state index contributed by atoms with van der Waals surface area (Å²) in [6, 6.07) is 5.23. The second-order valence-electron chi connectivity index (χ2n) is 7.16. The van der Waals surface area contributed by atoms with Gasteiger partial charge in [0, 0.05) is 0 Å². The van der Waals surface area contributed by atoms with E-state index in [-0.39, 0.29) is 10.8 Å². The van der Waals surface area contributed by atoms with Crippen LogP contribution < -0.4 is 0 Å². The van der Waals surface area contributed by atoms with Crippen molar-refractivity contribution in [2.24, 2.45) is 0 Å². The van der Waals surface area contributed by atoms with Crippen molar-refractivity contribution >= 4 is 17.3 Å². The van der Waals surface area contributed by atoms with E-state index in [1.807, 2.05) is 6.07 Å². The van der Waals surface area contributed by atoms with Crippen LogP contribution in [0.4, 0.5) is 0 Å². The number of hydrogen-bond donors (Lipinski definition) is 2. The highest BCUT2D eigenvalue weighted by Crippen LogP contribution is 2.20. The minimum absolute atomic E-state index is 0.0275. The summed E-state index contributed by atoms with van der Waals surface area (Å²) in [5, 5.41) is 18.8.